The molecule has 0 unspecified atom stereocenters. The molecule has 1 rings (SSSR count). The predicted molar refractivity (Wildman–Crippen MR) is 86.7 cm³/mol. The van der Waals surface area contributed by atoms with E-state index in [9.17, 15) is 23.9 Å². The Bertz CT molecular complexity index is 687. The van der Waals surface area contributed by atoms with Gasteiger partial charge in [0, 0.05) is 19.3 Å². The Morgan fingerprint density at radius 1 is 1.24 bits per heavy atom. The Morgan fingerprint density at radius 2 is 1.88 bits per heavy atom. The van der Waals surface area contributed by atoms with Crippen molar-refractivity contribution in [3.8, 4) is 6.07 Å². The molecule has 0 aliphatic rings. The summed E-state index contributed by atoms with van der Waals surface area (Å²) < 4.78 is 13.8. The van der Waals surface area contributed by atoms with Crippen LogP contribution < -0.4 is 10.6 Å². The van der Waals surface area contributed by atoms with Crippen LogP contribution in [0, 0.1) is 23.1 Å². The van der Waals surface area contributed by atoms with Gasteiger partial charge in [-0.2, -0.15) is 5.26 Å². The lowest BCUT2D eigenvalue weighted by atomic mass is 10.0. The smallest absolute Gasteiger partial charge is 0.326 e. The highest BCUT2D eigenvalue weighted by atomic mass is 19.1. The fraction of sp³-hybridized carbons (Fsp3) is 0.412. The molecule has 0 heterocycles. The van der Waals surface area contributed by atoms with E-state index in [0.717, 1.165) is 0 Å². The number of halogens is 1. The molecule has 7 nitrogen and oxygen atoms in total. The van der Waals surface area contributed by atoms with Crippen molar-refractivity contribution in [1.82, 2.24) is 10.6 Å². The van der Waals surface area contributed by atoms with E-state index >= 15 is 0 Å². The van der Waals surface area contributed by atoms with Crippen molar-refractivity contribution in [3.63, 3.8) is 0 Å². The molecule has 134 valence electrons. The van der Waals surface area contributed by atoms with Gasteiger partial charge in [-0.1, -0.05) is 18.2 Å². The minimum Gasteiger partial charge on any atom is -0.480 e. The first kappa shape index (κ1) is 20.1. The molecular formula is C17H20FN3O4. The standard InChI is InChI=1S/C17H20FN3O4/c1-10(9-19)7-15(17(24)25)21-16(23)14(20-11(2)22)8-12-5-3-4-6-13(12)18/h3-6,10,14-15H,7-8H2,1-2H3,(H,20,22)(H,21,23)(H,24,25)/t10-,14-,15+/m0/s1. The second-order valence-corrected chi connectivity index (χ2v) is 5.71. The number of hydrogen-bond acceptors (Lipinski definition) is 4. The second-order valence-electron chi connectivity index (χ2n) is 5.71. The Morgan fingerprint density at radius 3 is 2.40 bits per heavy atom. The fourth-order valence-corrected chi connectivity index (χ4v) is 2.24. The fourth-order valence-electron chi connectivity index (χ4n) is 2.24. The van der Waals surface area contributed by atoms with E-state index in [0.29, 0.717) is 0 Å². The van der Waals surface area contributed by atoms with Crippen LogP contribution in [0.4, 0.5) is 4.39 Å². The van der Waals surface area contributed by atoms with Crippen LogP contribution in [0.1, 0.15) is 25.8 Å². The van der Waals surface area contributed by atoms with E-state index < -0.39 is 41.6 Å². The third-order valence-corrected chi connectivity index (χ3v) is 3.50. The number of hydrogen-bond donors (Lipinski definition) is 3. The number of carboxylic acids is 1. The van der Waals surface area contributed by atoms with Gasteiger partial charge < -0.3 is 15.7 Å². The molecule has 0 fully saturated rings. The molecule has 0 radical (unpaired) electrons. The normalized spacial score (nSPS) is 13.8. The Labute approximate surface area is 144 Å². The van der Waals surface area contributed by atoms with E-state index in [2.05, 4.69) is 10.6 Å². The topological polar surface area (TPSA) is 119 Å². The Balaban J connectivity index is 2.92. The lowest BCUT2D eigenvalue weighted by molar-refractivity contribution is -0.142. The molecule has 1 aromatic rings. The molecule has 3 N–H and O–H groups in total. The van der Waals surface area contributed by atoms with Crippen LogP contribution in [0.2, 0.25) is 0 Å². The summed E-state index contributed by atoms with van der Waals surface area (Å²) in [6.07, 6.45) is -0.206. The summed E-state index contributed by atoms with van der Waals surface area (Å²) in [5.41, 5.74) is 0.216. The number of rotatable bonds is 8. The van der Waals surface area contributed by atoms with Crippen LogP contribution >= 0.6 is 0 Å². The number of carboxylic acid groups (broad SMARTS) is 1. The number of carbonyl (C=O) groups excluding carboxylic acids is 2. The molecule has 0 aliphatic carbocycles. The van der Waals surface area contributed by atoms with E-state index in [1.54, 1.807) is 6.07 Å². The summed E-state index contributed by atoms with van der Waals surface area (Å²) in [6, 6.07) is 5.28. The monoisotopic (exact) mass is 349 g/mol. The largest absolute Gasteiger partial charge is 0.480 e. The van der Waals surface area contributed by atoms with Crippen LogP contribution in [-0.2, 0) is 20.8 Å². The molecule has 0 saturated heterocycles. The summed E-state index contributed by atoms with van der Waals surface area (Å²) in [4.78, 5) is 35.0. The van der Waals surface area contributed by atoms with Crippen LogP contribution in [0.15, 0.2) is 24.3 Å². The summed E-state index contributed by atoms with van der Waals surface area (Å²) in [5, 5.41) is 22.7. The molecule has 0 aliphatic heterocycles. The summed E-state index contributed by atoms with van der Waals surface area (Å²) >= 11 is 0. The molecule has 8 heteroatoms. The molecular weight excluding hydrogens is 329 g/mol. The average molecular weight is 349 g/mol. The number of aliphatic carboxylic acids is 1. The highest BCUT2D eigenvalue weighted by Crippen LogP contribution is 2.11. The molecule has 25 heavy (non-hydrogen) atoms. The van der Waals surface area contributed by atoms with Gasteiger partial charge >= 0.3 is 5.97 Å². The zero-order valence-corrected chi connectivity index (χ0v) is 14.0. The SMILES string of the molecule is CC(=O)N[C@@H](Cc1ccccc1F)C(=O)N[C@H](C[C@H](C)C#N)C(=O)O. The average Bonchev–Trinajstić information content (AvgIpc) is 2.54. The van der Waals surface area contributed by atoms with Gasteiger partial charge in [0.2, 0.25) is 11.8 Å². The number of nitriles is 1. The molecule has 1 aromatic carbocycles. The van der Waals surface area contributed by atoms with Crippen molar-refractivity contribution < 1.29 is 23.9 Å². The van der Waals surface area contributed by atoms with Gasteiger partial charge in [0.15, 0.2) is 0 Å². The summed E-state index contributed by atoms with van der Waals surface area (Å²) in [5.74, 6) is -3.65. The van der Waals surface area contributed by atoms with Gasteiger partial charge in [0.25, 0.3) is 0 Å². The zero-order valence-electron chi connectivity index (χ0n) is 14.0. The highest BCUT2D eigenvalue weighted by Gasteiger charge is 2.27. The lowest BCUT2D eigenvalue weighted by Gasteiger charge is -2.21. The quantitative estimate of drug-likeness (QED) is 0.647. The summed E-state index contributed by atoms with van der Waals surface area (Å²) in [6.45, 7) is 2.74. The maximum absolute atomic E-state index is 13.8. The molecule has 0 spiro atoms. The number of benzene rings is 1. The third-order valence-electron chi connectivity index (χ3n) is 3.50. The van der Waals surface area contributed by atoms with E-state index in [4.69, 9.17) is 5.26 Å². The van der Waals surface area contributed by atoms with Crippen molar-refractivity contribution in [2.24, 2.45) is 5.92 Å². The van der Waals surface area contributed by atoms with Crippen LogP contribution in [0.25, 0.3) is 0 Å². The minimum atomic E-state index is -1.29. The van der Waals surface area contributed by atoms with Crippen LogP contribution in [-0.4, -0.2) is 35.0 Å². The van der Waals surface area contributed by atoms with Crippen molar-refractivity contribution in [3.05, 3.63) is 35.6 Å². The van der Waals surface area contributed by atoms with Gasteiger partial charge in [-0.25, -0.2) is 9.18 Å². The maximum Gasteiger partial charge on any atom is 0.326 e. The molecule has 0 saturated carbocycles. The lowest BCUT2D eigenvalue weighted by Crippen LogP contribution is -2.52. The first-order valence-corrected chi connectivity index (χ1v) is 7.67. The Hall–Kier alpha value is -2.95. The van der Waals surface area contributed by atoms with Crippen LogP contribution in [0.3, 0.4) is 0 Å². The third kappa shape index (κ3) is 6.59. The number of amides is 2. The number of carbonyl (C=O) groups is 3. The molecule has 2 amide bonds. The maximum atomic E-state index is 13.8. The Kier molecular flexibility index (Phi) is 7.53. The van der Waals surface area contributed by atoms with E-state index in [1.165, 1.54) is 32.0 Å². The van der Waals surface area contributed by atoms with E-state index in [-0.39, 0.29) is 18.4 Å². The molecule has 0 bridgehead atoms. The van der Waals surface area contributed by atoms with Gasteiger partial charge in [-0.3, -0.25) is 9.59 Å². The number of nitrogens with one attached hydrogen (secondary N) is 2. The minimum absolute atomic E-state index is 0.0793. The first-order valence-electron chi connectivity index (χ1n) is 7.67. The van der Waals surface area contributed by atoms with Crippen molar-refractivity contribution >= 4 is 17.8 Å². The first-order chi connectivity index (χ1) is 11.7. The summed E-state index contributed by atoms with van der Waals surface area (Å²) in [7, 11) is 0. The van der Waals surface area contributed by atoms with Gasteiger partial charge in [0.1, 0.15) is 17.9 Å². The van der Waals surface area contributed by atoms with Crippen molar-refractivity contribution in [1.29, 1.82) is 5.26 Å². The molecule has 0 aromatic heterocycles. The zero-order chi connectivity index (χ0) is 19.0. The van der Waals surface area contributed by atoms with Crippen molar-refractivity contribution in [2.75, 3.05) is 0 Å². The highest BCUT2D eigenvalue weighted by molar-refractivity contribution is 5.90. The molecule has 3 atom stereocenters. The van der Waals surface area contributed by atoms with Crippen LogP contribution in [0.5, 0.6) is 0 Å². The van der Waals surface area contributed by atoms with Gasteiger partial charge in [0.05, 0.1) is 6.07 Å². The van der Waals surface area contributed by atoms with Crippen molar-refractivity contribution in [2.45, 2.75) is 38.8 Å². The van der Waals surface area contributed by atoms with E-state index in [1.807, 2.05) is 6.07 Å². The van der Waals surface area contributed by atoms with Gasteiger partial charge in [-0.05, 0) is 25.0 Å². The van der Waals surface area contributed by atoms with Gasteiger partial charge in [-0.15, -0.1) is 0 Å². The second kappa shape index (κ2) is 9.37. The predicted octanol–water partition coefficient (Wildman–Crippen LogP) is 0.992. The number of nitrogens with zero attached hydrogens (tertiary/aromatic N) is 1.